The molecular formula is C12H20N2O5. The number of ether oxygens (including phenoxy) is 1. The number of nitrogens with zero attached hydrogens (tertiary/aromatic N) is 1. The quantitative estimate of drug-likeness (QED) is 0.714. The normalized spacial score (nSPS) is 19.9. The molecule has 7 nitrogen and oxygen atoms in total. The fourth-order valence-electron chi connectivity index (χ4n) is 2.17. The van der Waals surface area contributed by atoms with Crippen molar-refractivity contribution in [3.63, 3.8) is 0 Å². The Labute approximate surface area is 111 Å². The minimum Gasteiger partial charge on any atom is -0.480 e. The molecule has 1 fully saturated rings. The van der Waals surface area contributed by atoms with E-state index < -0.39 is 30.1 Å². The summed E-state index contributed by atoms with van der Waals surface area (Å²) >= 11 is 0. The number of carboxylic acid groups (broad SMARTS) is 1. The Morgan fingerprint density at radius 1 is 1.47 bits per heavy atom. The van der Waals surface area contributed by atoms with Gasteiger partial charge < -0.3 is 20.1 Å². The first-order valence-electron chi connectivity index (χ1n) is 6.39. The van der Waals surface area contributed by atoms with Crippen molar-refractivity contribution in [2.45, 2.75) is 44.7 Å². The van der Waals surface area contributed by atoms with Crippen molar-refractivity contribution in [1.29, 1.82) is 0 Å². The SMILES string of the molecule is CCC[C@@H](NC(=O)N1CCCC1C(=O)OC)C(=O)O. The molecule has 0 bridgehead atoms. The lowest BCUT2D eigenvalue weighted by Crippen LogP contribution is -2.51. The van der Waals surface area contributed by atoms with Gasteiger partial charge >= 0.3 is 18.0 Å². The summed E-state index contributed by atoms with van der Waals surface area (Å²) in [6, 6.07) is -2.05. The predicted octanol–water partition coefficient (Wildman–Crippen LogP) is 0.587. The van der Waals surface area contributed by atoms with E-state index in [1.54, 1.807) is 0 Å². The molecular weight excluding hydrogens is 252 g/mol. The number of aliphatic carboxylic acids is 1. The van der Waals surface area contributed by atoms with E-state index in [0.717, 1.165) is 0 Å². The molecule has 2 amide bonds. The van der Waals surface area contributed by atoms with Gasteiger partial charge in [-0.15, -0.1) is 0 Å². The lowest BCUT2D eigenvalue weighted by molar-refractivity contribution is -0.144. The second-order valence-electron chi connectivity index (χ2n) is 4.50. The third-order valence-electron chi connectivity index (χ3n) is 3.16. The molecule has 1 heterocycles. The maximum absolute atomic E-state index is 12.0. The van der Waals surface area contributed by atoms with Crippen molar-refractivity contribution in [3.8, 4) is 0 Å². The molecule has 1 rings (SSSR count). The van der Waals surface area contributed by atoms with Crippen LogP contribution in [0.4, 0.5) is 4.79 Å². The van der Waals surface area contributed by atoms with Gasteiger partial charge in [0.1, 0.15) is 12.1 Å². The van der Waals surface area contributed by atoms with E-state index in [9.17, 15) is 14.4 Å². The number of nitrogens with one attached hydrogen (secondary N) is 1. The summed E-state index contributed by atoms with van der Waals surface area (Å²) in [5, 5.41) is 11.4. The first-order chi connectivity index (χ1) is 9.01. The number of carbonyl (C=O) groups is 3. The lowest BCUT2D eigenvalue weighted by Gasteiger charge is -2.25. The maximum Gasteiger partial charge on any atom is 0.328 e. The highest BCUT2D eigenvalue weighted by atomic mass is 16.5. The highest BCUT2D eigenvalue weighted by molar-refractivity contribution is 5.87. The van der Waals surface area contributed by atoms with Gasteiger partial charge in [0.2, 0.25) is 0 Å². The predicted molar refractivity (Wildman–Crippen MR) is 66.6 cm³/mol. The molecule has 108 valence electrons. The second kappa shape index (κ2) is 6.96. The van der Waals surface area contributed by atoms with Crippen molar-refractivity contribution in [2.24, 2.45) is 0 Å². The van der Waals surface area contributed by atoms with Crippen molar-refractivity contribution in [1.82, 2.24) is 10.2 Å². The summed E-state index contributed by atoms with van der Waals surface area (Å²) in [6.45, 7) is 2.28. The van der Waals surface area contributed by atoms with Crippen LogP contribution in [0.3, 0.4) is 0 Å². The van der Waals surface area contributed by atoms with Crippen LogP contribution in [0, 0.1) is 0 Å². The Balaban J connectivity index is 2.65. The molecule has 1 unspecified atom stereocenters. The Hall–Kier alpha value is -1.79. The molecule has 0 spiro atoms. The third-order valence-corrected chi connectivity index (χ3v) is 3.16. The fourth-order valence-corrected chi connectivity index (χ4v) is 2.17. The van der Waals surface area contributed by atoms with Crippen LogP contribution in [0.25, 0.3) is 0 Å². The van der Waals surface area contributed by atoms with E-state index in [1.807, 2.05) is 6.92 Å². The zero-order chi connectivity index (χ0) is 14.4. The fraction of sp³-hybridized carbons (Fsp3) is 0.750. The van der Waals surface area contributed by atoms with Crippen molar-refractivity contribution in [2.75, 3.05) is 13.7 Å². The molecule has 2 N–H and O–H groups in total. The minimum absolute atomic E-state index is 0.359. The van der Waals surface area contributed by atoms with E-state index >= 15 is 0 Å². The van der Waals surface area contributed by atoms with Gasteiger partial charge in [-0.25, -0.2) is 14.4 Å². The smallest absolute Gasteiger partial charge is 0.328 e. The second-order valence-corrected chi connectivity index (χ2v) is 4.50. The molecule has 19 heavy (non-hydrogen) atoms. The van der Waals surface area contributed by atoms with Crippen LogP contribution in [0.2, 0.25) is 0 Å². The molecule has 0 aromatic rings. The van der Waals surface area contributed by atoms with Gasteiger partial charge in [0.05, 0.1) is 7.11 Å². The minimum atomic E-state index is -1.07. The number of urea groups is 1. The topological polar surface area (TPSA) is 95.9 Å². The molecule has 7 heteroatoms. The van der Waals surface area contributed by atoms with Crippen LogP contribution in [0.15, 0.2) is 0 Å². The highest BCUT2D eigenvalue weighted by Crippen LogP contribution is 2.18. The number of rotatable bonds is 5. The number of methoxy groups -OCH3 is 1. The molecule has 1 aliphatic rings. The molecule has 0 aromatic carbocycles. The summed E-state index contributed by atoms with van der Waals surface area (Å²) in [6.07, 6.45) is 2.26. The molecule has 0 radical (unpaired) electrons. The highest BCUT2D eigenvalue weighted by Gasteiger charge is 2.36. The van der Waals surface area contributed by atoms with Crippen LogP contribution >= 0.6 is 0 Å². The first kappa shape index (κ1) is 15.3. The summed E-state index contributed by atoms with van der Waals surface area (Å²) < 4.78 is 4.64. The van der Waals surface area contributed by atoms with Crippen LogP contribution in [0.5, 0.6) is 0 Å². The van der Waals surface area contributed by atoms with Gasteiger partial charge in [0.25, 0.3) is 0 Å². The van der Waals surface area contributed by atoms with E-state index in [-0.39, 0.29) is 0 Å². The van der Waals surface area contributed by atoms with Crippen molar-refractivity contribution >= 4 is 18.0 Å². The average Bonchev–Trinajstić information content (AvgIpc) is 2.86. The van der Waals surface area contributed by atoms with Crippen LogP contribution in [-0.4, -0.2) is 53.7 Å². The number of hydrogen-bond donors (Lipinski definition) is 2. The number of carbonyl (C=O) groups excluding carboxylic acids is 2. The largest absolute Gasteiger partial charge is 0.480 e. The van der Waals surface area contributed by atoms with Gasteiger partial charge in [-0.2, -0.15) is 0 Å². The Kier molecular flexibility index (Phi) is 5.59. The number of hydrogen-bond acceptors (Lipinski definition) is 4. The van der Waals surface area contributed by atoms with Crippen molar-refractivity contribution in [3.05, 3.63) is 0 Å². The van der Waals surface area contributed by atoms with Crippen LogP contribution in [0.1, 0.15) is 32.6 Å². The summed E-state index contributed by atoms with van der Waals surface area (Å²) in [4.78, 5) is 35.9. The zero-order valence-electron chi connectivity index (χ0n) is 11.2. The van der Waals surface area contributed by atoms with E-state index in [2.05, 4.69) is 10.1 Å². The van der Waals surface area contributed by atoms with E-state index in [1.165, 1.54) is 12.0 Å². The average molecular weight is 272 g/mol. The monoisotopic (exact) mass is 272 g/mol. The Morgan fingerprint density at radius 3 is 2.68 bits per heavy atom. The summed E-state index contributed by atoms with van der Waals surface area (Å²) in [5.74, 6) is -1.53. The van der Waals surface area contributed by atoms with Gasteiger partial charge in [-0.1, -0.05) is 13.3 Å². The molecule has 0 aromatic heterocycles. The van der Waals surface area contributed by atoms with Gasteiger partial charge in [0, 0.05) is 6.54 Å². The number of carboxylic acids is 1. The third kappa shape index (κ3) is 3.84. The molecule has 0 aliphatic carbocycles. The molecule has 0 saturated carbocycles. The van der Waals surface area contributed by atoms with Crippen molar-refractivity contribution < 1.29 is 24.2 Å². The van der Waals surface area contributed by atoms with E-state index in [4.69, 9.17) is 5.11 Å². The van der Waals surface area contributed by atoms with Gasteiger partial charge in [0.15, 0.2) is 0 Å². The first-order valence-corrected chi connectivity index (χ1v) is 6.39. The summed E-state index contributed by atoms with van der Waals surface area (Å²) in [7, 11) is 1.27. The zero-order valence-corrected chi connectivity index (χ0v) is 11.2. The molecule has 1 saturated heterocycles. The number of esters is 1. The lowest BCUT2D eigenvalue weighted by atomic mass is 10.2. The standard InChI is InChI=1S/C12H20N2O5/c1-3-5-8(10(15)16)13-12(18)14-7-4-6-9(14)11(17)19-2/h8-9H,3-7H2,1-2H3,(H,13,18)(H,15,16)/t8-,9?/m1/s1. The van der Waals surface area contributed by atoms with Crippen LogP contribution in [-0.2, 0) is 14.3 Å². The van der Waals surface area contributed by atoms with Gasteiger partial charge in [-0.05, 0) is 19.3 Å². The molecule has 1 aliphatic heterocycles. The summed E-state index contributed by atoms with van der Waals surface area (Å²) in [5.41, 5.74) is 0. The number of amides is 2. The van der Waals surface area contributed by atoms with Gasteiger partial charge in [-0.3, -0.25) is 0 Å². The van der Waals surface area contributed by atoms with Crippen LogP contribution < -0.4 is 5.32 Å². The Bertz CT molecular complexity index is 358. The Morgan fingerprint density at radius 2 is 2.16 bits per heavy atom. The van der Waals surface area contributed by atoms with E-state index in [0.29, 0.717) is 32.2 Å². The number of likely N-dealkylation sites (tertiary alicyclic amines) is 1. The molecule has 2 atom stereocenters. The maximum atomic E-state index is 12.0.